The molecule has 0 aliphatic rings. The maximum absolute atomic E-state index is 10.7. The van der Waals surface area contributed by atoms with Gasteiger partial charge >= 0.3 is 6.09 Å². The fraction of sp³-hybridized carbons (Fsp3) is 0.300. The predicted octanol–water partition coefficient (Wildman–Crippen LogP) is 1.98. The van der Waals surface area contributed by atoms with E-state index in [4.69, 9.17) is 21.8 Å². The summed E-state index contributed by atoms with van der Waals surface area (Å²) in [6, 6.07) is 6.16. The molecule has 4 nitrogen and oxygen atoms in total. The van der Waals surface area contributed by atoms with Crippen LogP contribution in [0.15, 0.2) is 24.3 Å². The fourth-order valence-electron chi connectivity index (χ4n) is 1.27. The van der Waals surface area contributed by atoms with Gasteiger partial charge < -0.3 is 15.1 Å². The van der Waals surface area contributed by atoms with Gasteiger partial charge in [0.1, 0.15) is 0 Å². The molecular formula is C10H12ClNO3. The summed E-state index contributed by atoms with van der Waals surface area (Å²) in [5.41, 5.74) is 0.715. The summed E-state index contributed by atoms with van der Waals surface area (Å²) in [4.78, 5) is 11.8. The number of halogens is 1. The van der Waals surface area contributed by atoms with E-state index in [-0.39, 0.29) is 6.61 Å². The van der Waals surface area contributed by atoms with Crippen molar-refractivity contribution in [2.24, 2.45) is 0 Å². The van der Waals surface area contributed by atoms with Crippen LogP contribution in [0.5, 0.6) is 0 Å². The molecule has 0 heterocycles. The lowest BCUT2D eigenvalue weighted by molar-refractivity contribution is 0.113. The van der Waals surface area contributed by atoms with Crippen molar-refractivity contribution in [1.29, 1.82) is 0 Å². The van der Waals surface area contributed by atoms with Crippen LogP contribution in [0, 0.1) is 0 Å². The number of aliphatic hydroxyl groups is 1. The molecule has 1 rings (SSSR count). The van der Waals surface area contributed by atoms with Crippen LogP contribution in [0.2, 0.25) is 5.02 Å². The van der Waals surface area contributed by atoms with Gasteiger partial charge in [0, 0.05) is 12.1 Å². The highest BCUT2D eigenvalue weighted by molar-refractivity contribution is 6.30. The molecule has 0 spiro atoms. The molecule has 0 saturated heterocycles. The lowest BCUT2D eigenvalue weighted by Gasteiger charge is -2.24. The number of hydrogen-bond donors (Lipinski definition) is 2. The molecule has 82 valence electrons. The van der Waals surface area contributed by atoms with Crippen molar-refractivity contribution in [3.63, 3.8) is 0 Å². The fourth-order valence-corrected chi connectivity index (χ4v) is 1.40. The van der Waals surface area contributed by atoms with Crippen LogP contribution in [0.4, 0.5) is 4.79 Å². The number of benzene rings is 1. The first-order valence-corrected chi connectivity index (χ1v) is 4.76. The SMILES string of the molecule is CN(C(=O)O)[C@@H](CO)c1ccc(Cl)cc1. The molecular weight excluding hydrogens is 218 g/mol. The van der Waals surface area contributed by atoms with Crippen molar-refractivity contribution >= 4 is 17.7 Å². The summed E-state index contributed by atoms with van der Waals surface area (Å²) in [5, 5.41) is 18.5. The van der Waals surface area contributed by atoms with Crippen molar-refractivity contribution in [1.82, 2.24) is 4.90 Å². The first-order chi connectivity index (χ1) is 7.06. The maximum atomic E-state index is 10.7. The van der Waals surface area contributed by atoms with E-state index in [0.29, 0.717) is 10.6 Å². The highest BCUT2D eigenvalue weighted by atomic mass is 35.5. The Morgan fingerprint density at radius 3 is 2.40 bits per heavy atom. The molecule has 0 bridgehead atoms. The van der Waals surface area contributed by atoms with Gasteiger partial charge in [-0.1, -0.05) is 23.7 Å². The van der Waals surface area contributed by atoms with Gasteiger partial charge in [0.15, 0.2) is 0 Å². The van der Waals surface area contributed by atoms with Gasteiger partial charge in [0.25, 0.3) is 0 Å². The summed E-state index contributed by atoms with van der Waals surface area (Å²) < 4.78 is 0. The number of amides is 1. The number of rotatable bonds is 3. The van der Waals surface area contributed by atoms with E-state index in [1.165, 1.54) is 7.05 Å². The molecule has 0 aliphatic carbocycles. The summed E-state index contributed by atoms with van der Waals surface area (Å²) >= 11 is 5.71. The number of nitrogens with zero attached hydrogens (tertiary/aromatic N) is 1. The molecule has 1 amide bonds. The number of carbonyl (C=O) groups is 1. The first kappa shape index (κ1) is 11.8. The molecule has 2 N–H and O–H groups in total. The monoisotopic (exact) mass is 229 g/mol. The summed E-state index contributed by atoms with van der Waals surface area (Å²) in [5.74, 6) is 0. The zero-order chi connectivity index (χ0) is 11.4. The number of hydrogen-bond acceptors (Lipinski definition) is 2. The topological polar surface area (TPSA) is 60.8 Å². The van der Waals surface area contributed by atoms with Gasteiger partial charge in [-0.15, -0.1) is 0 Å². The Morgan fingerprint density at radius 2 is 2.00 bits per heavy atom. The largest absolute Gasteiger partial charge is 0.465 e. The van der Waals surface area contributed by atoms with E-state index in [1.807, 2.05) is 0 Å². The molecule has 1 aromatic rings. The molecule has 1 aromatic carbocycles. The Bertz CT molecular complexity index is 339. The van der Waals surface area contributed by atoms with Gasteiger partial charge in [0.05, 0.1) is 12.6 Å². The Morgan fingerprint density at radius 1 is 1.47 bits per heavy atom. The van der Waals surface area contributed by atoms with Crippen molar-refractivity contribution < 1.29 is 15.0 Å². The normalized spacial score (nSPS) is 12.2. The van der Waals surface area contributed by atoms with Crippen LogP contribution in [0.25, 0.3) is 0 Å². The summed E-state index contributed by atoms with van der Waals surface area (Å²) in [6.45, 7) is -0.259. The van der Waals surface area contributed by atoms with E-state index in [0.717, 1.165) is 4.90 Å². The highest BCUT2D eigenvalue weighted by Crippen LogP contribution is 2.20. The van der Waals surface area contributed by atoms with E-state index in [2.05, 4.69) is 0 Å². The highest BCUT2D eigenvalue weighted by Gasteiger charge is 2.19. The number of aliphatic hydroxyl groups excluding tert-OH is 1. The number of likely N-dealkylation sites (N-methyl/N-ethyl adjacent to an activating group) is 1. The minimum Gasteiger partial charge on any atom is -0.465 e. The Labute approximate surface area is 92.7 Å². The van der Waals surface area contributed by atoms with Gasteiger partial charge in [-0.2, -0.15) is 0 Å². The molecule has 1 atom stereocenters. The van der Waals surface area contributed by atoms with E-state index in [9.17, 15) is 4.79 Å². The molecule has 15 heavy (non-hydrogen) atoms. The van der Waals surface area contributed by atoms with Crippen LogP contribution in [-0.4, -0.2) is 34.9 Å². The van der Waals surface area contributed by atoms with Crippen molar-refractivity contribution in [3.05, 3.63) is 34.9 Å². The Hall–Kier alpha value is -1.26. The van der Waals surface area contributed by atoms with E-state index < -0.39 is 12.1 Å². The third kappa shape index (κ3) is 2.84. The lowest BCUT2D eigenvalue weighted by Crippen LogP contribution is -2.31. The third-order valence-electron chi connectivity index (χ3n) is 2.20. The molecule has 0 unspecified atom stereocenters. The third-order valence-corrected chi connectivity index (χ3v) is 2.45. The average molecular weight is 230 g/mol. The second-order valence-corrected chi connectivity index (χ2v) is 3.58. The molecule has 0 aromatic heterocycles. The first-order valence-electron chi connectivity index (χ1n) is 4.38. The van der Waals surface area contributed by atoms with Gasteiger partial charge in [-0.25, -0.2) is 4.79 Å². The summed E-state index contributed by atoms with van der Waals surface area (Å²) in [7, 11) is 1.41. The van der Waals surface area contributed by atoms with Gasteiger partial charge in [-0.3, -0.25) is 0 Å². The molecule has 0 saturated carbocycles. The minimum absolute atomic E-state index is 0.259. The second-order valence-electron chi connectivity index (χ2n) is 3.14. The zero-order valence-corrected chi connectivity index (χ0v) is 8.98. The zero-order valence-electron chi connectivity index (χ0n) is 8.22. The Balaban J connectivity index is 2.92. The number of carboxylic acid groups (broad SMARTS) is 1. The van der Waals surface area contributed by atoms with Gasteiger partial charge in [0.2, 0.25) is 0 Å². The summed E-state index contributed by atoms with van der Waals surface area (Å²) in [6.07, 6.45) is -1.08. The molecule has 0 radical (unpaired) electrons. The predicted molar refractivity (Wildman–Crippen MR) is 57.1 cm³/mol. The lowest BCUT2D eigenvalue weighted by atomic mass is 10.1. The van der Waals surface area contributed by atoms with Crippen LogP contribution < -0.4 is 0 Å². The second kappa shape index (κ2) is 5.00. The van der Waals surface area contributed by atoms with E-state index in [1.54, 1.807) is 24.3 Å². The van der Waals surface area contributed by atoms with Crippen LogP contribution >= 0.6 is 11.6 Å². The minimum atomic E-state index is -1.08. The van der Waals surface area contributed by atoms with Gasteiger partial charge in [-0.05, 0) is 17.7 Å². The molecule has 5 heteroatoms. The average Bonchev–Trinajstić information content (AvgIpc) is 2.21. The van der Waals surface area contributed by atoms with Crippen LogP contribution in [0.1, 0.15) is 11.6 Å². The molecule has 0 aliphatic heterocycles. The van der Waals surface area contributed by atoms with Crippen molar-refractivity contribution in [2.45, 2.75) is 6.04 Å². The quantitative estimate of drug-likeness (QED) is 0.833. The smallest absolute Gasteiger partial charge is 0.407 e. The standard InChI is InChI=1S/C10H12ClNO3/c1-12(10(14)15)9(6-13)7-2-4-8(11)5-3-7/h2-5,9,13H,6H2,1H3,(H,14,15)/t9-/m0/s1. The molecule has 0 fully saturated rings. The van der Waals surface area contributed by atoms with Crippen LogP contribution in [0.3, 0.4) is 0 Å². The van der Waals surface area contributed by atoms with Crippen LogP contribution in [-0.2, 0) is 0 Å². The van der Waals surface area contributed by atoms with Crippen molar-refractivity contribution in [2.75, 3.05) is 13.7 Å². The Kier molecular flexibility index (Phi) is 3.94. The van der Waals surface area contributed by atoms with E-state index >= 15 is 0 Å². The van der Waals surface area contributed by atoms with Crippen molar-refractivity contribution in [3.8, 4) is 0 Å². The maximum Gasteiger partial charge on any atom is 0.407 e.